The van der Waals surface area contributed by atoms with Gasteiger partial charge in [-0.3, -0.25) is 0 Å². The highest BCUT2D eigenvalue weighted by atomic mass is 79.9. The van der Waals surface area contributed by atoms with Crippen molar-refractivity contribution >= 4 is 15.9 Å². The minimum atomic E-state index is -2.43. The first-order valence-corrected chi connectivity index (χ1v) is 4.10. The molecular formula is C8H6BrF3. The van der Waals surface area contributed by atoms with Crippen LogP contribution in [-0.4, -0.2) is 6.43 Å². The molecule has 0 heterocycles. The molecule has 1 aromatic carbocycles. The quantitative estimate of drug-likeness (QED) is 0.741. The third-order valence-electron chi connectivity index (χ3n) is 1.31. The van der Waals surface area contributed by atoms with Gasteiger partial charge in [-0.25, -0.2) is 13.2 Å². The third-order valence-corrected chi connectivity index (χ3v) is 1.77. The number of rotatable bonds is 2. The highest BCUT2D eigenvalue weighted by Crippen LogP contribution is 2.16. The lowest BCUT2D eigenvalue weighted by Gasteiger charge is -2.00. The molecule has 0 aromatic heterocycles. The average molecular weight is 239 g/mol. The lowest BCUT2D eigenvalue weighted by molar-refractivity contribution is 0.149. The van der Waals surface area contributed by atoms with E-state index in [-0.39, 0.29) is 0 Å². The van der Waals surface area contributed by atoms with E-state index in [2.05, 4.69) is 15.9 Å². The smallest absolute Gasteiger partial charge is 0.210 e. The Morgan fingerprint density at radius 2 is 1.92 bits per heavy atom. The fraction of sp³-hybridized carbons (Fsp3) is 0.250. The summed E-state index contributed by atoms with van der Waals surface area (Å²) in [6.45, 7) is 0. The maximum Gasteiger partial charge on any atom is 0.242 e. The average Bonchev–Trinajstić information content (AvgIpc) is 1.81. The molecule has 0 saturated heterocycles. The summed E-state index contributed by atoms with van der Waals surface area (Å²) >= 11 is 3.02. The van der Waals surface area contributed by atoms with Gasteiger partial charge in [0.2, 0.25) is 6.43 Å². The number of alkyl halides is 2. The van der Waals surface area contributed by atoms with Gasteiger partial charge in [0.05, 0.1) is 0 Å². The number of hydrogen-bond donors (Lipinski definition) is 0. The Balaban J connectivity index is 2.85. The van der Waals surface area contributed by atoms with Crippen molar-refractivity contribution in [1.29, 1.82) is 0 Å². The predicted molar refractivity (Wildman–Crippen MR) is 43.8 cm³/mol. The third kappa shape index (κ3) is 2.85. The molecule has 66 valence electrons. The van der Waals surface area contributed by atoms with Crippen molar-refractivity contribution in [2.24, 2.45) is 0 Å². The summed E-state index contributed by atoms with van der Waals surface area (Å²) in [5.74, 6) is -0.500. The topological polar surface area (TPSA) is 0 Å². The summed E-state index contributed by atoms with van der Waals surface area (Å²) < 4.78 is 36.8. The van der Waals surface area contributed by atoms with E-state index in [0.29, 0.717) is 10.0 Å². The van der Waals surface area contributed by atoms with Crippen LogP contribution in [0.15, 0.2) is 22.7 Å². The van der Waals surface area contributed by atoms with Gasteiger partial charge in [-0.05, 0) is 23.8 Å². The van der Waals surface area contributed by atoms with E-state index >= 15 is 0 Å². The predicted octanol–water partition coefficient (Wildman–Crippen LogP) is 3.40. The van der Waals surface area contributed by atoms with Gasteiger partial charge in [0.15, 0.2) is 0 Å². The first kappa shape index (κ1) is 9.58. The lowest BCUT2D eigenvalue weighted by atomic mass is 10.1. The van der Waals surface area contributed by atoms with Crippen LogP contribution in [0.4, 0.5) is 13.2 Å². The van der Waals surface area contributed by atoms with E-state index in [1.165, 1.54) is 12.1 Å². The van der Waals surface area contributed by atoms with Gasteiger partial charge in [0.25, 0.3) is 0 Å². The van der Waals surface area contributed by atoms with Crippen LogP contribution < -0.4 is 0 Å². The molecule has 1 aromatic rings. The molecule has 0 N–H and O–H groups in total. The van der Waals surface area contributed by atoms with Gasteiger partial charge < -0.3 is 0 Å². The first-order chi connectivity index (χ1) is 5.58. The van der Waals surface area contributed by atoms with Crippen molar-refractivity contribution in [3.8, 4) is 0 Å². The molecule has 0 amide bonds. The van der Waals surface area contributed by atoms with Crippen LogP contribution in [0.1, 0.15) is 5.56 Å². The van der Waals surface area contributed by atoms with Crippen LogP contribution in [0.25, 0.3) is 0 Å². The molecule has 12 heavy (non-hydrogen) atoms. The summed E-state index contributed by atoms with van der Waals surface area (Å²) in [7, 11) is 0. The molecule has 0 aliphatic rings. The van der Waals surface area contributed by atoms with E-state index in [0.717, 1.165) is 6.07 Å². The van der Waals surface area contributed by atoms with E-state index in [1.807, 2.05) is 0 Å². The maximum atomic E-state index is 12.6. The van der Waals surface area contributed by atoms with Crippen LogP contribution in [0.2, 0.25) is 0 Å². The summed E-state index contributed by atoms with van der Waals surface area (Å²) in [5, 5.41) is 0. The van der Waals surface area contributed by atoms with Gasteiger partial charge in [-0.1, -0.05) is 15.9 Å². The Kier molecular flexibility index (Phi) is 3.14. The molecule has 0 bridgehead atoms. The van der Waals surface area contributed by atoms with Gasteiger partial charge in [-0.2, -0.15) is 0 Å². The molecule has 0 nitrogen and oxygen atoms in total. The monoisotopic (exact) mass is 238 g/mol. The molecule has 0 aliphatic heterocycles. The molecular weight excluding hydrogens is 233 g/mol. The van der Waals surface area contributed by atoms with Crippen LogP contribution in [0.5, 0.6) is 0 Å². The minimum absolute atomic E-state index is 0.303. The van der Waals surface area contributed by atoms with E-state index in [9.17, 15) is 13.2 Å². The Morgan fingerprint density at radius 3 is 2.42 bits per heavy atom. The molecule has 0 fully saturated rings. The molecule has 1 rings (SSSR count). The van der Waals surface area contributed by atoms with Crippen molar-refractivity contribution < 1.29 is 13.2 Å². The van der Waals surface area contributed by atoms with Crippen molar-refractivity contribution in [2.75, 3.05) is 0 Å². The fourth-order valence-electron chi connectivity index (χ4n) is 0.907. The second kappa shape index (κ2) is 3.94. The van der Waals surface area contributed by atoms with Gasteiger partial charge in [0.1, 0.15) is 5.82 Å². The molecule has 0 aliphatic carbocycles. The zero-order chi connectivity index (χ0) is 9.14. The summed E-state index contributed by atoms with van der Waals surface area (Å²) in [5.41, 5.74) is 0.303. The highest BCUT2D eigenvalue weighted by molar-refractivity contribution is 9.10. The highest BCUT2D eigenvalue weighted by Gasteiger charge is 2.06. The Hall–Kier alpha value is -0.510. The number of halogens is 4. The lowest BCUT2D eigenvalue weighted by Crippen LogP contribution is -1.97. The second-order valence-electron chi connectivity index (χ2n) is 2.37. The van der Waals surface area contributed by atoms with Gasteiger partial charge in [0, 0.05) is 10.9 Å². The summed E-state index contributed by atoms with van der Waals surface area (Å²) in [6, 6.07) is 3.82. The normalized spacial score (nSPS) is 10.8. The van der Waals surface area contributed by atoms with E-state index in [1.54, 1.807) is 0 Å². The molecule has 0 saturated carbocycles. The fourth-order valence-corrected chi connectivity index (χ4v) is 1.42. The van der Waals surface area contributed by atoms with Crippen LogP contribution in [-0.2, 0) is 6.42 Å². The van der Waals surface area contributed by atoms with E-state index < -0.39 is 18.7 Å². The van der Waals surface area contributed by atoms with Crippen molar-refractivity contribution in [3.05, 3.63) is 34.1 Å². The van der Waals surface area contributed by atoms with Crippen LogP contribution in [0.3, 0.4) is 0 Å². The van der Waals surface area contributed by atoms with Crippen molar-refractivity contribution in [3.63, 3.8) is 0 Å². The number of benzene rings is 1. The zero-order valence-corrected chi connectivity index (χ0v) is 7.61. The first-order valence-electron chi connectivity index (χ1n) is 3.31. The van der Waals surface area contributed by atoms with Gasteiger partial charge >= 0.3 is 0 Å². The van der Waals surface area contributed by atoms with Crippen molar-refractivity contribution in [2.45, 2.75) is 12.8 Å². The Labute approximate surface area is 76.5 Å². The molecule has 0 spiro atoms. The van der Waals surface area contributed by atoms with Crippen molar-refractivity contribution in [1.82, 2.24) is 0 Å². The van der Waals surface area contributed by atoms with Crippen LogP contribution in [0, 0.1) is 5.82 Å². The van der Waals surface area contributed by atoms with E-state index in [4.69, 9.17) is 0 Å². The van der Waals surface area contributed by atoms with Crippen LogP contribution >= 0.6 is 15.9 Å². The standard InChI is InChI=1S/C8H6BrF3/c9-6-1-5(3-8(11)12)2-7(10)4-6/h1-2,4,8H,3H2. The summed E-state index contributed by atoms with van der Waals surface area (Å²) in [6.07, 6.45) is -2.84. The Bertz CT molecular complexity index is 253. The SMILES string of the molecule is Fc1cc(Br)cc(CC(F)F)c1. The maximum absolute atomic E-state index is 12.6. The molecule has 0 radical (unpaired) electrons. The second-order valence-corrected chi connectivity index (χ2v) is 3.29. The largest absolute Gasteiger partial charge is 0.242 e. The zero-order valence-electron chi connectivity index (χ0n) is 6.03. The Morgan fingerprint density at radius 1 is 1.25 bits per heavy atom. The van der Waals surface area contributed by atoms with Gasteiger partial charge in [-0.15, -0.1) is 0 Å². The number of hydrogen-bond acceptors (Lipinski definition) is 0. The molecule has 4 heteroatoms. The minimum Gasteiger partial charge on any atom is -0.210 e. The summed E-state index contributed by atoms with van der Waals surface area (Å²) in [4.78, 5) is 0. The molecule has 0 atom stereocenters. The molecule has 0 unspecified atom stereocenters.